The number of carbonyl (C=O) groups is 3. The first-order valence-electron chi connectivity index (χ1n) is 28.1. The fourth-order valence-corrected chi connectivity index (χ4v) is 7.73. The van der Waals surface area contributed by atoms with Gasteiger partial charge in [0.25, 0.3) is 0 Å². The molecule has 6 nitrogen and oxygen atoms in total. The summed E-state index contributed by atoms with van der Waals surface area (Å²) < 4.78 is 16.6. The first-order chi connectivity index (χ1) is 33.0. The molecular formula is C61H104O6. The molecule has 1 unspecified atom stereocenters. The minimum atomic E-state index is -0.825. The summed E-state index contributed by atoms with van der Waals surface area (Å²) in [4.78, 5) is 37.6. The molecule has 1 atom stereocenters. The van der Waals surface area contributed by atoms with E-state index in [1.165, 1.54) is 135 Å². The zero-order chi connectivity index (χ0) is 48.6. The van der Waals surface area contributed by atoms with Crippen LogP contribution in [-0.2, 0) is 28.6 Å². The maximum Gasteiger partial charge on any atom is 0.310 e. The van der Waals surface area contributed by atoms with Gasteiger partial charge in [-0.25, -0.2) is 0 Å². The molecule has 0 fully saturated rings. The van der Waals surface area contributed by atoms with E-state index in [0.29, 0.717) is 12.8 Å². The van der Waals surface area contributed by atoms with Gasteiger partial charge >= 0.3 is 17.9 Å². The quantitative estimate of drug-likeness (QED) is 0.0262. The summed E-state index contributed by atoms with van der Waals surface area (Å²) in [7, 11) is 0. The van der Waals surface area contributed by atoms with Crippen LogP contribution in [0.3, 0.4) is 0 Å². The molecule has 0 rings (SSSR count). The average molecular weight is 933 g/mol. The minimum absolute atomic E-state index is 0.0978. The van der Waals surface area contributed by atoms with Crippen molar-refractivity contribution in [2.75, 3.05) is 13.2 Å². The Morgan fingerprint density at radius 1 is 0.328 bits per heavy atom. The summed E-state index contributed by atoms with van der Waals surface area (Å²) in [5, 5.41) is 0. The number of carbonyl (C=O) groups excluding carboxylic acids is 3. The lowest BCUT2D eigenvalue weighted by atomic mass is 10.0. The fraction of sp³-hybridized carbons (Fsp3) is 0.721. The van der Waals surface area contributed by atoms with E-state index in [-0.39, 0.29) is 31.6 Å². The smallest absolute Gasteiger partial charge is 0.310 e. The molecule has 0 saturated heterocycles. The second-order valence-electron chi connectivity index (χ2n) is 18.5. The number of rotatable bonds is 50. The third-order valence-electron chi connectivity index (χ3n) is 11.9. The van der Waals surface area contributed by atoms with Crippen LogP contribution < -0.4 is 0 Å². The van der Waals surface area contributed by atoms with E-state index in [1.54, 1.807) is 6.08 Å². The number of esters is 3. The van der Waals surface area contributed by atoms with Crippen molar-refractivity contribution in [1.82, 2.24) is 0 Å². The Morgan fingerprint density at radius 2 is 0.627 bits per heavy atom. The Hall–Kier alpha value is -3.41. The monoisotopic (exact) mass is 933 g/mol. The Balaban J connectivity index is 4.06. The average Bonchev–Trinajstić information content (AvgIpc) is 3.33. The summed E-state index contributed by atoms with van der Waals surface area (Å²) in [5.74, 6) is -1.06. The maximum absolute atomic E-state index is 12.7. The maximum atomic E-state index is 12.7. The van der Waals surface area contributed by atoms with Crippen molar-refractivity contribution in [1.29, 1.82) is 0 Å². The summed E-state index contributed by atoms with van der Waals surface area (Å²) in [6, 6.07) is 0. The first-order valence-corrected chi connectivity index (χ1v) is 28.1. The standard InChI is InChI=1S/C61H104O6/c1-4-7-10-13-15-17-19-21-23-24-25-26-27-28-29-30-31-32-33-34-35-36-38-39-41-43-45-48-51-54-60(63)66-57-58(56-65-59(62)53-50-47-12-9-6-3)67-61(64)55-52-49-46-44-42-40-37-22-20-18-16-14-11-8-5-2/h8,11,16,18-19,21-22,24-25,37,42,44,49,52,58H,4-7,9-10,12-15,17,20,23,26-36,38-41,43,45-48,50-51,53-57H2,1-3H3/b11-8-,18-16-,21-19-,25-24-,37-22-,44-42-,52-49-. The molecule has 0 amide bonds. The van der Waals surface area contributed by atoms with Gasteiger partial charge in [-0.1, -0.05) is 254 Å². The van der Waals surface area contributed by atoms with Crippen molar-refractivity contribution < 1.29 is 28.6 Å². The van der Waals surface area contributed by atoms with Crippen LogP contribution in [0, 0.1) is 0 Å². The molecule has 384 valence electrons. The first kappa shape index (κ1) is 63.6. The van der Waals surface area contributed by atoms with Gasteiger partial charge in [-0.15, -0.1) is 0 Å². The Morgan fingerprint density at radius 3 is 0.985 bits per heavy atom. The van der Waals surface area contributed by atoms with Crippen LogP contribution >= 0.6 is 0 Å². The summed E-state index contributed by atoms with van der Waals surface area (Å²) >= 11 is 0. The largest absolute Gasteiger partial charge is 0.462 e. The van der Waals surface area contributed by atoms with Crippen LogP contribution in [-0.4, -0.2) is 37.2 Å². The summed E-state index contributed by atoms with van der Waals surface area (Å²) in [6.07, 6.45) is 72.4. The SMILES string of the molecule is CC/C=C\C/C=C\C/C=C\C/C=C\C/C=C\CC(=O)OC(COC(=O)CCCCCCC)COC(=O)CCCCCCCCCCCCCCCCCCC/C=C\C/C=C\CCCCCCC. The van der Waals surface area contributed by atoms with Crippen LogP contribution in [0.4, 0.5) is 0 Å². The van der Waals surface area contributed by atoms with E-state index in [9.17, 15) is 14.4 Å². The Labute approximate surface area is 414 Å². The van der Waals surface area contributed by atoms with E-state index in [0.717, 1.165) is 89.9 Å². The van der Waals surface area contributed by atoms with Gasteiger partial charge in [-0.05, 0) is 77.0 Å². The summed E-state index contributed by atoms with van der Waals surface area (Å²) in [5.41, 5.74) is 0. The number of hydrogen-bond acceptors (Lipinski definition) is 6. The van der Waals surface area contributed by atoms with Crippen LogP contribution in [0.2, 0.25) is 0 Å². The molecule has 0 aromatic heterocycles. The molecule has 0 N–H and O–H groups in total. The van der Waals surface area contributed by atoms with Gasteiger partial charge < -0.3 is 14.2 Å². The third kappa shape index (κ3) is 53.4. The van der Waals surface area contributed by atoms with Gasteiger partial charge in [-0.3, -0.25) is 14.4 Å². The summed E-state index contributed by atoms with van der Waals surface area (Å²) in [6.45, 7) is 6.35. The van der Waals surface area contributed by atoms with Crippen molar-refractivity contribution in [3.05, 3.63) is 85.1 Å². The number of hydrogen-bond donors (Lipinski definition) is 0. The fourth-order valence-electron chi connectivity index (χ4n) is 7.73. The van der Waals surface area contributed by atoms with Crippen molar-refractivity contribution in [2.24, 2.45) is 0 Å². The van der Waals surface area contributed by atoms with Crippen molar-refractivity contribution in [3.63, 3.8) is 0 Å². The topological polar surface area (TPSA) is 78.9 Å². The molecule has 0 bridgehead atoms. The number of ether oxygens (including phenoxy) is 3. The predicted octanol–water partition coefficient (Wildman–Crippen LogP) is 18.8. The van der Waals surface area contributed by atoms with Gasteiger partial charge in [0.05, 0.1) is 6.42 Å². The van der Waals surface area contributed by atoms with Gasteiger partial charge in [0.1, 0.15) is 13.2 Å². The molecule has 0 aliphatic heterocycles. The zero-order valence-corrected chi connectivity index (χ0v) is 43.9. The highest BCUT2D eigenvalue weighted by molar-refractivity contribution is 5.72. The highest BCUT2D eigenvalue weighted by Crippen LogP contribution is 2.16. The second kappa shape index (κ2) is 55.2. The van der Waals surface area contributed by atoms with Crippen LogP contribution in [0.1, 0.15) is 265 Å². The van der Waals surface area contributed by atoms with E-state index in [4.69, 9.17) is 14.2 Å². The molecule has 0 aromatic carbocycles. The highest BCUT2D eigenvalue weighted by atomic mass is 16.6. The van der Waals surface area contributed by atoms with Crippen LogP contribution in [0.15, 0.2) is 85.1 Å². The van der Waals surface area contributed by atoms with Crippen LogP contribution in [0.5, 0.6) is 0 Å². The third-order valence-corrected chi connectivity index (χ3v) is 11.9. The second-order valence-corrected chi connectivity index (χ2v) is 18.5. The van der Waals surface area contributed by atoms with Gasteiger partial charge in [-0.2, -0.15) is 0 Å². The molecule has 0 aliphatic rings. The van der Waals surface area contributed by atoms with Crippen molar-refractivity contribution in [3.8, 4) is 0 Å². The molecule has 6 heteroatoms. The number of allylic oxidation sites excluding steroid dienone is 13. The Kier molecular flexibility index (Phi) is 52.4. The molecular weight excluding hydrogens is 829 g/mol. The normalized spacial score (nSPS) is 12.7. The molecule has 67 heavy (non-hydrogen) atoms. The Bertz CT molecular complexity index is 1300. The van der Waals surface area contributed by atoms with Gasteiger partial charge in [0, 0.05) is 12.8 Å². The molecule has 0 saturated carbocycles. The predicted molar refractivity (Wildman–Crippen MR) is 288 cm³/mol. The zero-order valence-electron chi connectivity index (χ0n) is 43.9. The molecule has 0 radical (unpaired) electrons. The number of unbranched alkanes of at least 4 members (excludes halogenated alkanes) is 26. The van der Waals surface area contributed by atoms with E-state index in [2.05, 4.69) is 93.7 Å². The van der Waals surface area contributed by atoms with Crippen molar-refractivity contribution in [2.45, 2.75) is 271 Å². The van der Waals surface area contributed by atoms with Gasteiger partial charge in [0.2, 0.25) is 0 Å². The lowest BCUT2D eigenvalue weighted by molar-refractivity contribution is -0.166. The minimum Gasteiger partial charge on any atom is -0.462 e. The molecule has 0 aliphatic carbocycles. The van der Waals surface area contributed by atoms with E-state index >= 15 is 0 Å². The van der Waals surface area contributed by atoms with E-state index < -0.39 is 12.1 Å². The lowest BCUT2D eigenvalue weighted by Gasteiger charge is -2.18. The van der Waals surface area contributed by atoms with E-state index in [1.807, 2.05) is 6.08 Å². The van der Waals surface area contributed by atoms with Crippen molar-refractivity contribution >= 4 is 17.9 Å². The van der Waals surface area contributed by atoms with Gasteiger partial charge in [0.15, 0.2) is 6.10 Å². The molecule has 0 heterocycles. The van der Waals surface area contributed by atoms with Crippen LogP contribution in [0.25, 0.3) is 0 Å². The molecule has 0 spiro atoms. The highest BCUT2D eigenvalue weighted by Gasteiger charge is 2.19. The lowest BCUT2D eigenvalue weighted by Crippen LogP contribution is -2.30. The molecule has 0 aromatic rings.